The molecule has 1 aliphatic heterocycles. The molecular weight excluding hydrogens is 230 g/mol. The molecule has 17 heavy (non-hydrogen) atoms. The Morgan fingerprint density at radius 3 is 2.41 bits per heavy atom. The zero-order valence-corrected chi connectivity index (χ0v) is 9.22. The molecule has 0 radical (unpaired) electrons. The summed E-state index contributed by atoms with van der Waals surface area (Å²) in [6.45, 7) is 1.63. The Morgan fingerprint density at radius 1 is 1.35 bits per heavy atom. The lowest BCUT2D eigenvalue weighted by Gasteiger charge is -2.28. The largest absolute Gasteiger partial charge is 0.480 e. The molecule has 96 valence electrons. The molecular formula is C9H15N3O5. The summed E-state index contributed by atoms with van der Waals surface area (Å²) in [7, 11) is 0. The number of urea groups is 1. The highest BCUT2D eigenvalue weighted by Gasteiger charge is 2.25. The molecule has 1 heterocycles. The van der Waals surface area contributed by atoms with Gasteiger partial charge in [0, 0.05) is 13.1 Å². The fraction of sp³-hybridized carbons (Fsp3) is 0.667. The number of carbonyl (C=O) groups is 3. The molecule has 0 bridgehead atoms. The third-order valence-electron chi connectivity index (χ3n) is 2.30. The number of nitrogens with two attached hydrogens (primary N) is 1. The second-order valence-corrected chi connectivity index (χ2v) is 3.61. The van der Waals surface area contributed by atoms with Crippen molar-refractivity contribution < 1.29 is 24.2 Å². The SMILES string of the molecule is NC(=O)CC(NC(=O)N1CCOCC1)C(=O)O. The average Bonchev–Trinajstić information content (AvgIpc) is 2.28. The topological polar surface area (TPSA) is 122 Å². The number of rotatable bonds is 4. The van der Waals surface area contributed by atoms with Crippen LogP contribution in [0.4, 0.5) is 4.79 Å². The van der Waals surface area contributed by atoms with E-state index in [0.717, 1.165) is 0 Å². The number of nitrogens with one attached hydrogen (secondary N) is 1. The van der Waals surface area contributed by atoms with Crippen molar-refractivity contribution in [1.29, 1.82) is 0 Å². The summed E-state index contributed by atoms with van der Waals surface area (Å²) in [5, 5.41) is 11.1. The highest BCUT2D eigenvalue weighted by atomic mass is 16.5. The third kappa shape index (κ3) is 4.27. The summed E-state index contributed by atoms with van der Waals surface area (Å²) >= 11 is 0. The van der Waals surface area contributed by atoms with E-state index in [2.05, 4.69) is 5.32 Å². The summed E-state index contributed by atoms with van der Waals surface area (Å²) in [4.78, 5) is 34.5. The Kier molecular flexibility index (Phi) is 4.70. The number of ether oxygens (including phenoxy) is 1. The Balaban J connectivity index is 2.50. The van der Waals surface area contributed by atoms with Gasteiger partial charge in [0.2, 0.25) is 5.91 Å². The molecule has 8 nitrogen and oxygen atoms in total. The first-order valence-corrected chi connectivity index (χ1v) is 5.15. The number of aliphatic carboxylic acids is 1. The molecule has 0 aromatic carbocycles. The van der Waals surface area contributed by atoms with Crippen LogP contribution in [0.15, 0.2) is 0 Å². The van der Waals surface area contributed by atoms with Crippen LogP contribution in [0.3, 0.4) is 0 Å². The van der Waals surface area contributed by atoms with E-state index in [1.807, 2.05) is 0 Å². The minimum absolute atomic E-state index is 0.398. The van der Waals surface area contributed by atoms with Crippen LogP contribution < -0.4 is 11.1 Å². The lowest BCUT2D eigenvalue weighted by molar-refractivity contribution is -0.141. The lowest BCUT2D eigenvalue weighted by Crippen LogP contribution is -2.52. The van der Waals surface area contributed by atoms with Gasteiger partial charge in [-0.1, -0.05) is 0 Å². The molecule has 4 N–H and O–H groups in total. The molecule has 0 aliphatic carbocycles. The molecule has 1 atom stereocenters. The maximum Gasteiger partial charge on any atom is 0.326 e. The van der Waals surface area contributed by atoms with Gasteiger partial charge in [-0.05, 0) is 0 Å². The Bertz CT molecular complexity index is 314. The van der Waals surface area contributed by atoms with Crippen molar-refractivity contribution in [2.45, 2.75) is 12.5 Å². The zero-order chi connectivity index (χ0) is 12.8. The van der Waals surface area contributed by atoms with Crippen molar-refractivity contribution in [3.05, 3.63) is 0 Å². The third-order valence-corrected chi connectivity index (χ3v) is 2.30. The number of carboxylic acids is 1. The molecule has 1 saturated heterocycles. The van der Waals surface area contributed by atoms with Crippen LogP contribution in [0.2, 0.25) is 0 Å². The molecule has 0 saturated carbocycles. The van der Waals surface area contributed by atoms with Crippen LogP contribution in [0.25, 0.3) is 0 Å². The fourth-order valence-corrected chi connectivity index (χ4v) is 1.41. The van der Waals surface area contributed by atoms with Gasteiger partial charge >= 0.3 is 12.0 Å². The number of nitrogens with zero attached hydrogens (tertiary/aromatic N) is 1. The van der Waals surface area contributed by atoms with Crippen LogP contribution >= 0.6 is 0 Å². The summed E-state index contributed by atoms with van der Waals surface area (Å²) in [5.41, 5.74) is 4.90. The minimum Gasteiger partial charge on any atom is -0.480 e. The van der Waals surface area contributed by atoms with Gasteiger partial charge in [0.25, 0.3) is 0 Å². The molecule has 1 unspecified atom stereocenters. The van der Waals surface area contributed by atoms with Crippen LogP contribution in [0, 0.1) is 0 Å². The van der Waals surface area contributed by atoms with E-state index in [4.69, 9.17) is 15.6 Å². The van der Waals surface area contributed by atoms with E-state index in [1.165, 1.54) is 4.90 Å². The summed E-state index contributed by atoms with van der Waals surface area (Å²) in [6, 6.07) is -1.82. The smallest absolute Gasteiger partial charge is 0.326 e. The van der Waals surface area contributed by atoms with Gasteiger partial charge in [-0.2, -0.15) is 0 Å². The molecule has 8 heteroatoms. The van der Waals surface area contributed by atoms with Gasteiger partial charge in [-0.15, -0.1) is 0 Å². The van der Waals surface area contributed by atoms with E-state index >= 15 is 0 Å². The maximum absolute atomic E-state index is 11.6. The van der Waals surface area contributed by atoms with Gasteiger partial charge in [-0.25, -0.2) is 9.59 Å². The van der Waals surface area contributed by atoms with E-state index in [9.17, 15) is 14.4 Å². The molecule has 0 aromatic heterocycles. The summed E-state index contributed by atoms with van der Waals surface area (Å²) < 4.78 is 5.05. The highest BCUT2D eigenvalue weighted by Crippen LogP contribution is 1.99. The Hall–Kier alpha value is -1.83. The van der Waals surface area contributed by atoms with Gasteiger partial charge < -0.3 is 25.8 Å². The van der Waals surface area contributed by atoms with E-state index in [-0.39, 0.29) is 0 Å². The van der Waals surface area contributed by atoms with Gasteiger partial charge in [-0.3, -0.25) is 4.79 Å². The van der Waals surface area contributed by atoms with Crippen molar-refractivity contribution >= 4 is 17.9 Å². The van der Waals surface area contributed by atoms with Crippen molar-refractivity contribution in [3.8, 4) is 0 Å². The number of hydrogen-bond acceptors (Lipinski definition) is 4. The standard InChI is InChI=1S/C9H15N3O5/c10-7(13)5-6(8(14)15)11-9(16)12-1-3-17-4-2-12/h6H,1-5H2,(H2,10,13)(H,11,16)(H,14,15). The first-order chi connectivity index (χ1) is 8.00. The zero-order valence-electron chi connectivity index (χ0n) is 9.22. The number of carboxylic acid groups (broad SMARTS) is 1. The predicted octanol–water partition coefficient (Wildman–Crippen LogP) is -1.64. The van der Waals surface area contributed by atoms with Crippen molar-refractivity contribution in [3.63, 3.8) is 0 Å². The van der Waals surface area contributed by atoms with Gasteiger partial charge in [0.1, 0.15) is 6.04 Å². The number of primary amides is 1. The summed E-state index contributed by atoms with van der Waals surface area (Å²) in [6.07, 6.45) is -0.425. The molecule has 0 spiro atoms. The minimum atomic E-state index is -1.29. The number of morpholine rings is 1. The fourth-order valence-electron chi connectivity index (χ4n) is 1.41. The van der Waals surface area contributed by atoms with Gasteiger partial charge in [0.15, 0.2) is 0 Å². The number of carbonyl (C=O) groups excluding carboxylic acids is 2. The molecule has 3 amide bonds. The van der Waals surface area contributed by atoms with Gasteiger partial charge in [0.05, 0.1) is 19.6 Å². The summed E-state index contributed by atoms with van der Waals surface area (Å²) in [5.74, 6) is -2.06. The van der Waals surface area contributed by atoms with Crippen molar-refractivity contribution in [1.82, 2.24) is 10.2 Å². The second kappa shape index (κ2) is 6.04. The predicted molar refractivity (Wildman–Crippen MR) is 56.2 cm³/mol. The first kappa shape index (κ1) is 13.2. The molecule has 1 fully saturated rings. The monoisotopic (exact) mass is 245 g/mol. The van der Waals surface area contributed by atoms with Crippen LogP contribution in [0.1, 0.15) is 6.42 Å². The molecule has 0 aromatic rings. The molecule has 1 rings (SSSR count). The van der Waals surface area contributed by atoms with Crippen LogP contribution in [0.5, 0.6) is 0 Å². The number of hydrogen-bond donors (Lipinski definition) is 3. The van der Waals surface area contributed by atoms with Crippen molar-refractivity contribution in [2.24, 2.45) is 5.73 Å². The normalized spacial score (nSPS) is 17.3. The van der Waals surface area contributed by atoms with Crippen LogP contribution in [-0.2, 0) is 14.3 Å². The van der Waals surface area contributed by atoms with Crippen LogP contribution in [-0.4, -0.2) is 60.3 Å². The Labute approximate surface area is 97.7 Å². The van der Waals surface area contributed by atoms with E-state index in [0.29, 0.717) is 26.3 Å². The highest BCUT2D eigenvalue weighted by molar-refractivity contribution is 5.87. The average molecular weight is 245 g/mol. The van der Waals surface area contributed by atoms with Crippen molar-refractivity contribution in [2.75, 3.05) is 26.3 Å². The van der Waals surface area contributed by atoms with E-state index < -0.39 is 30.4 Å². The number of amides is 3. The second-order valence-electron chi connectivity index (χ2n) is 3.61. The Morgan fingerprint density at radius 2 is 1.94 bits per heavy atom. The quantitative estimate of drug-likeness (QED) is 0.548. The molecule has 1 aliphatic rings. The lowest BCUT2D eigenvalue weighted by atomic mass is 10.2. The maximum atomic E-state index is 11.6. The first-order valence-electron chi connectivity index (χ1n) is 5.15. The van der Waals surface area contributed by atoms with E-state index in [1.54, 1.807) is 0 Å².